The minimum atomic E-state index is -0.146. The summed E-state index contributed by atoms with van der Waals surface area (Å²) in [4.78, 5) is 14.0. The monoisotopic (exact) mass is 249 g/mol. The van der Waals surface area contributed by atoms with Crippen molar-refractivity contribution in [1.29, 1.82) is 0 Å². The highest BCUT2D eigenvalue weighted by Gasteiger charge is 2.34. The molecule has 0 aromatic carbocycles. The van der Waals surface area contributed by atoms with Gasteiger partial charge in [0.1, 0.15) is 0 Å². The Morgan fingerprint density at radius 1 is 1.59 bits per heavy atom. The number of amides is 1. The van der Waals surface area contributed by atoms with Crippen molar-refractivity contribution in [2.45, 2.75) is 25.4 Å². The topological polar surface area (TPSA) is 74.8 Å². The standard InChI is InChI=1S/C10H11N5OS/c16-10(9-11-13-14-12-9)15(8-1-2-8)5-7-3-4-17-6-7/h3-4,6,8H,1-2,5H2,(H,11,12,13,14). The molecule has 88 valence electrons. The molecule has 0 spiro atoms. The molecule has 2 heterocycles. The SMILES string of the molecule is O=C(c1nn[nH]n1)N(Cc1ccsc1)C1CC1. The molecule has 2 aromatic heterocycles. The first-order chi connectivity index (χ1) is 8.34. The number of hydrogen-bond acceptors (Lipinski definition) is 5. The normalized spacial score (nSPS) is 14.8. The Morgan fingerprint density at radius 2 is 2.47 bits per heavy atom. The van der Waals surface area contributed by atoms with Gasteiger partial charge in [-0.3, -0.25) is 4.79 Å². The maximum atomic E-state index is 12.2. The third kappa shape index (κ3) is 2.19. The lowest BCUT2D eigenvalue weighted by Gasteiger charge is -2.19. The van der Waals surface area contributed by atoms with Crippen molar-refractivity contribution in [3.05, 3.63) is 28.2 Å². The summed E-state index contributed by atoms with van der Waals surface area (Å²) in [6.45, 7) is 0.627. The van der Waals surface area contributed by atoms with E-state index in [-0.39, 0.29) is 11.7 Å². The third-order valence-electron chi connectivity index (χ3n) is 2.72. The van der Waals surface area contributed by atoms with Crippen LogP contribution in [-0.2, 0) is 6.54 Å². The van der Waals surface area contributed by atoms with Gasteiger partial charge in [0.15, 0.2) is 0 Å². The van der Waals surface area contributed by atoms with Crippen molar-refractivity contribution >= 4 is 17.2 Å². The number of tetrazole rings is 1. The van der Waals surface area contributed by atoms with E-state index in [9.17, 15) is 4.79 Å². The molecule has 1 N–H and O–H groups in total. The molecule has 7 heteroatoms. The molecule has 1 amide bonds. The predicted octanol–water partition coefficient (Wildman–Crippen LogP) is 1.07. The molecule has 0 atom stereocenters. The summed E-state index contributed by atoms with van der Waals surface area (Å²) in [5.74, 6) is -0.000389. The summed E-state index contributed by atoms with van der Waals surface area (Å²) in [6.07, 6.45) is 2.13. The zero-order valence-electron chi connectivity index (χ0n) is 9.04. The second kappa shape index (κ2) is 4.25. The first kappa shape index (κ1) is 10.4. The lowest BCUT2D eigenvalue weighted by Crippen LogP contribution is -2.33. The fraction of sp³-hybridized carbons (Fsp3) is 0.400. The molecule has 1 saturated carbocycles. The van der Waals surface area contributed by atoms with Gasteiger partial charge < -0.3 is 4.90 Å². The van der Waals surface area contributed by atoms with Crippen LogP contribution in [0.2, 0.25) is 0 Å². The van der Waals surface area contributed by atoms with Gasteiger partial charge in [-0.25, -0.2) is 0 Å². The maximum absolute atomic E-state index is 12.2. The number of aromatic amines is 1. The van der Waals surface area contributed by atoms with Gasteiger partial charge in [0.25, 0.3) is 11.7 Å². The van der Waals surface area contributed by atoms with Gasteiger partial charge in [-0.15, -0.1) is 10.2 Å². The number of hydrogen-bond donors (Lipinski definition) is 1. The zero-order valence-corrected chi connectivity index (χ0v) is 9.85. The van der Waals surface area contributed by atoms with Crippen LogP contribution in [-0.4, -0.2) is 37.5 Å². The Hall–Kier alpha value is -1.76. The summed E-state index contributed by atoms with van der Waals surface area (Å²) in [7, 11) is 0. The Bertz CT molecular complexity index is 491. The van der Waals surface area contributed by atoms with Gasteiger partial charge in [0.05, 0.1) is 0 Å². The molecular weight excluding hydrogens is 238 g/mol. The molecule has 1 fully saturated rings. The first-order valence-electron chi connectivity index (χ1n) is 5.40. The number of nitrogens with zero attached hydrogens (tertiary/aromatic N) is 4. The smallest absolute Gasteiger partial charge is 0.296 e. The maximum Gasteiger partial charge on any atom is 0.296 e. The van der Waals surface area contributed by atoms with E-state index in [0.29, 0.717) is 12.6 Å². The average molecular weight is 249 g/mol. The molecule has 0 bridgehead atoms. The molecular formula is C10H11N5OS. The van der Waals surface area contributed by atoms with Crippen LogP contribution in [0.4, 0.5) is 0 Å². The summed E-state index contributed by atoms with van der Waals surface area (Å²) in [5, 5.41) is 17.3. The number of H-pyrrole nitrogens is 1. The predicted molar refractivity (Wildman–Crippen MR) is 61.4 cm³/mol. The van der Waals surface area contributed by atoms with E-state index < -0.39 is 0 Å². The Kier molecular flexibility index (Phi) is 2.60. The number of aromatic nitrogens is 4. The Morgan fingerprint density at radius 3 is 3.06 bits per heavy atom. The molecule has 3 rings (SSSR count). The van der Waals surface area contributed by atoms with E-state index in [1.54, 1.807) is 11.3 Å². The van der Waals surface area contributed by atoms with Crippen LogP contribution in [0.25, 0.3) is 0 Å². The molecule has 1 aliphatic carbocycles. The molecule has 0 unspecified atom stereocenters. The summed E-state index contributed by atoms with van der Waals surface area (Å²) in [6, 6.07) is 2.37. The fourth-order valence-electron chi connectivity index (χ4n) is 1.71. The minimum absolute atomic E-state index is 0.145. The van der Waals surface area contributed by atoms with Gasteiger partial charge in [0, 0.05) is 12.6 Å². The van der Waals surface area contributed by atoms with Crippen molar-refractivity contribution < 1.29 is 4.79 Å². The van der Waals surface area contributed by atoms with E-state index >= 15 is 0 Å². The Labute approximate surface area is 102 Å². The van der Waals surface area contributed by atoms with Crippen molar-refractivity contribution in [3.63, 3.8) is 0 Å². The zero-order chi connectivity index (χ0) is 11.7. The lowest BCUT2D eigenvalue weighted by atomic mass is 10.3. The molecule has 1 aliphatic rings. The summed E-state index contributed by atoms with van der Waals surface area (Å²) < 4.78 is 0. The highest BCUT2D eigenvalue weighted by atomic mass is 32.1. The second-order valence-electron chi connectivity index (χ2n) is 4.03. The van der Waals surface area contributed by atoms with Crippen LogP contribution in [0.15, 0.2) is 16.8 Å². The van der Waals surface area contributed by atoms with Crippen LogP contribution in [0.3, 0.4) is 0 Å². The number of carbonyl (C=O) groups is 1. The summed E-state index contributed by atoms with van der Waals surface area (Å²) in [5.41, 5.74) is 1.15. The fourth-order valence-corrected chi connectivity index (χ4v) is 2.37. The second-order valence-corrected chi connectivity index (χ2v) is 4.81. The van der Waals surface area contributed by atoms with Crippen LogP contribution in [0, 0.1) is 0 Å². The largest absolute Gasteiger partial charge is 0.328 e. The van der Waals surface area contributed by atoms with E-state index in [1.807, 2.05) is 16.3 Å². The molecule has 0 aliphatic heterocycles. The van der Waals surface area contributed by atoms with Crippen molar-refractivity contribution in [1.82, 2.24) is 25.5 Å². The van der Waals surface area contributed by atoms with E-state index in [4.69, 9.17) is 0 Å². The van der Waals surface area contributed by atoms with E-state index in [0.717, 1.165) is 18.4 Å². The van der Waals surface area contributed by atoms with Gasteiger partial charge in [0.2, 0.25) is 0 Å². The van der Waals surface area contributed by atoms with Crippen LogP contribution in [0.1, 0.15) is 29.0 Å². The molecule has 6 nitrogen and oxygen atoms in total. The van der Waals surface area contributed by atoms with Crippen molar-refractivity contribution in [2.24, 2.45) is 0 Å². The highest BCUT2D eigenvalue weighted by molar-refractivity contribution is 7.07. The van der Waals surface area contributed by atoms with Gasteiger partial charge in [-0.1, -0.05) is 0 Å². The van der Waals surface area contributed by atoms with Gasteiger partial charge >= 0.3 is 0 Å². The van der Waals surface area contributed by atoms with Crippen molar-refractivity contribution in [2.75, 3.05) is 0 Å². The van der Waals surface area contributed by atoms with Crippen molar-refractivity contribution in [3.8, 4) is 0 Å². The summed E-state index contributed by atoms with van der Waals surface area (Å²) >= 11 is 1.64. The average Bonchev–Trinajstić information content (AvgIpc) is 2.86. The van der Waals surface area contributed by atoms with Gasteiger partial charge in [-0.2, -0.15) is 16.6 Å². The quantitative estimate of drug-likeness (QED) is 0.879. The van der Waals surface area contributed by atoms with E-state index in [1.165, 1.54) is 0 Å². The van der Waals surface area contributed by atoms with E-state index in [2.05, 4.69) is 26.0 Å². The number of thiophene rings is 1. The number of carbonyl (C=O) groups excluding carboxylic acids is 1. The molecule has 17 heavy (non-hydrogen) atoms. The van der Waals surface area contributed by atoms with Crippen LogP contribution < -0.4 is 0 Å². The molecule has 0 radical (unpaired) electrons. The van der Waals surface area contributed by atoms with Crippen LogP contribution >= 0.6 is 11.3 Å². The third-order valence-corrected chi connectivity index (χ3v) is 3.45. The van der Waals surface area contributed by atoms with Gasteiger partial charge in [-0.05, 0) is 40.4 Å². The number of rotatable bonds is 4. The minimum Gasteiger partial charge on any atom is -0.328 e. The molecule has 0 saturated heterocycles. The first-order valence-corrected chi connectivity index (χ1v) is 6.34. The Balaban J connectivity index is 1.78. The molecule has 2 aromatic rings. The lowest BCUT2D eigenvalue weighted by molar-refractivity contribution is 0.0717. The number of nitrogens with one attached hydrogen (secondary N) is 1. The highest BCUT2D eigenvalue weighted by Crippen LogP contribution is 2.29. The van der Waals surface area contributed by atoms with Crippen LogP contribution in [0.5, 0.6) is 0 Å².